The van der Waals surface area contributed by atoms with E-state index in [1.807, 2.05) is 54.6 Å². The predicted molar refractivity (Wildman–Crippen MR) is 142 cm³/mol. The van der Waals surface area contributed by atoms with Crippen molar-refractivity contribution < 1.29 is 22.7 Å². The van der Waals surface area contributed by atoms with E-state index < -0.39 is 11.7 Å². The zero-order valence-electron chi connectivity index (χ0n) is 20.1. The largest absolute Gasteiger partial charge is 0.489 e. The molecule has 1 N–H and O–H groups in total. The van der Waals surface area contributed by atoms with Crippen LogP contribution in [0.1, 0.15) is 32.7 Å². The summed E-state index contributed by atoms with van der Waals surface area (Å²) in [6.45, 7) is 1.22. The smallest absolute Gasteiger partial charge is 0.416 e. The minimum Gasteiger partial charge on any atom is -0.489 e. The molecule has 1 aliphatic heterocycles. The molecule has 1 aliphatic rings. The summed E-state index contributed by atoms with van der Waals surface area (Å²) in [7, 11) is 0. The van der Waals surface area contributed by atoms with E-state index in [9.17, 15) is 18.0 Å². The molecule has 0 atom stereocenters. The van der Waals surface area contributed by atoms with E-state index in [2.05, 4.69) is 5.32 Å². The number of hydrogen-bond donors (Lipinski definition) is 1. The van der Waals surface area contributed by atoms with Crippen molar-refractivity contribution in [2.75, 3.05) is 6.54 Å². The lowest BCUT2D eigenvalue weighted by Crippen LogP contribution is -2.27. The van der Waals surface area contributed by atoms with E-state index in [1.165, 1.54) is 6.07 Å². The Morgan fingerprint density at radius 1 is 0.974 bits per heavy atom. The van der Waals surface area contributed by atoms with Crippen LogP contribution in [-0.2, 0) is 25.7 Å². The van der Waals surface area contributed by atoms with Gasteiger partial charge in [-0.1, -0.05) is 41.9 Å². The molecular weight excluding hydrogens is 513 g/mol. The highest BCUT2D eigenvalue weighted by Crippen LogP contribution is 2.34. The number of aromatic nitrogens is 1. The van der Waals surface area contributed by atoms with Crippen LogP contribution in [0.4, 0.5) is 13.2 Å². The quantitative estimate of drug-likeness (QED) is 0.261. The highest BCUT2D eigenvalue weighted by molar-refractivity contribution is 6.31. The van der Waals surface area contributed by atoms with Crippen LogP contribution < -0.4 is 10.1 Å². The Labute approximate surface area is 221 Å². The highest BCUT2D eigenvalue weighted by atomic mass is 35.5. The maximum Gasteiger partial charge on any atom is 0.416 e. The van der Waals surface area contributed by atoms with Gasteiger partial charge < -0.3 is 10.1 Å². The Kier molecular flexibility index (Phi) is 6.13. The normalized spacial score (nSPS) is 13.6. The summed E-state index contributed by atoms with van der Waals surface area (Å²) < 4.78 is 47.1. The molecule has 0 saturated carbocycles. The summed E-state index contributed by atoms with van der Waals surface area (Å²) in [5.41, 5.74) is 2.80. The zero-order valence-corrected chi connectivity index (χ0v) is 20.9. The van der Waals surface area contributed by atoms with Crippen molar-refractivity contribution in [2.45, 2.75) is 25.7 Å². The first-order chi connectivity index (χ1) is 18.3. The third kappa shape index (κ3) is 4.42. The second-order valence-electron chi connectivity index (χ2n) is 9.33. The maximum absolute atomic E-state index is 13.8. The zero-order chi connectivity index (χ0) is 26.4. The van der Waals surface area contributed by atoms with Crippen LogP contribution >= 0.6 is 11.6 Å². The van der Waals surface area contributed by atoms with Crippen LogP contribution in [0.3, 0.4) is 0 Å². The first kappa shape index (κ1) is 24.5. The molecule has 0 radical (unpaired) electrons. The lowest BCUT2D eigenvalue weighted by Gasteiger charge is -2.16. The molecule has 0 saturated heterocycles. The summed E-state index contributed by atoms with van der Waals surface area (Å²) in [6.07, 6.45) is -3.72. The van der Waals surface area contributed by atoms with Gasteiger partial charge in [-0.15, -0.1) is 0 Å². The van der Waals surface area contributed by atoms with E-state index in [0.29, 0.717) is 17.9 Å². The van der Waals surface area contributed by atoms with E-state index >= 15 is 0 Å². The molecule has 6 rings (SSSR count). The average molecular weight is 535 g/mol. The monoisotopic (exact) mass is 534 g/mol. The Bertz CT molecular complexity index is 1710. The third-order valence-corrected chi connectivity index (χ3v) is 7.33. The van der Waals surface area contributed by atoms with E-state index in [1.54, 1.807) is 10.6 Å². The van der Waals surface area contributed by atoms with Gasteiger partial charge in [0.1, 0.15) is 12.4 Å². The number of nitrogens with one attached hydrogen (secondary N) is 1. The van der Waals surface area contributed by atoms with Crippen LogP contribution in [0.15, 0.2) is 78.9 Å². The number of carbonyl (C=O) groups excluding carboxylic acids is 1. The Morgan fingerprint density at radius 3 is 2.61 bits per heavy atom. The van der Waals surface area contributed by atoms with E-state index in [-0.39, 0.29) is 23.1 Å². The molecule has 0 aliphatic carbocycles. The molecule has 5 aromatic rings. The van der Waals surface area contributed by atoms with Gasteiger partial charge in [-0.25, -0.2) is 0 Å². The van der Waals surface area contributed by atoms with Crippen LogP contribution in [-0.4, -0.2) is 17.0 Å². The van der Waals surface area contributed by atoms with Gasteiger partial charge in [-0.2, -0.15) is 13.2 Å². The maximum atomic E-state index is 13.8. The number of hydrogen-bond acceptors (Lipinski definition) is 3. The number of ether oxygens (including phenoxy) is 1. The number of rotatable bonds is 4. The molecule has 1 aromatic heterocycles. The number of benzene rings is 4. The van der Waals surface area contributed by atoms with Gasteiger partial charge in [0, 0.05) is 33.8 Å². The van der Waals surface area contributed by atoms with Crippen LogP contribution in [0.5, 0.6) is 5.75 Å². The summed E-state index contributed by atoms with van der Waals surface area (Å²) >= 11 is 6.14. The number of fused-ring (bicyclic) bond motifs is 4. The second kappa shape index (κ2) is 9.49. The van der Waals surface area contributed by atoms with Crippen molar-refractivity contribution in [3.8, 4) is 5.75 Å². The van der Waals surface area contributed by atoms with Crippen molar-refractivity contribution in [2.24, 2.45) is 0 Å². The van der Waals surface area contributed by atoms with Crippen molar-refractivity contribution in [1.82, 2.24) is 9.88 Å². The van der Waals surface area contributed by atoms with E-state index in [0.717, 1.165) is 58.0 Å². The number of carbonyl (C=O) groups is 1. The van der Waals surface area contributed by atoms with Gasteiger partial charge in [-0.05, 0) is 77.8 Å². The van der Waals surface area contributed by atoms with Gasteiger partial charge in [0.05, 0.1) is 11.1 Å². The van der Waals surface area contributed by atoms with Crippen LogP contribution in [0.2, 0.25) is 5.02 Å². The van der Waals surface area contributed by atoms with Crippen LogP contribution in [0.25, 0.3) is 21.7 Å². The van der Waals surface area contributed by atoms with Gasteiger partial charge in [-0.3, -0.25) is 9.36 Å². The van der Waals surface area contributed by atoms with Gasteiger partial charge in [0.2, 0.25) is 0 Å². The standard InChI is InChI=1S/C30H22ClF3N2O2/c31-26-9-7-22(30(32,33)34)14-21(26)17-38-23-8-10-27-25(15-23)24-11-12-35-16-28(24)36(27)29(37)20-6-5-18-3-1-2-4-19(18)13-20/h1-10,13-15,35H,11-12,16-17H2. The summed E-state index contributed by atoms with van der Waals surface area (Å²) in [5.74, 6) is 0.373. The fraction of sp³-hybridized carbons (Fsp3) is 0.167. The molecule has 0 unspecified atom stereocenters. The molecule has 8 heteroatoms. The Hall–Kier alpha value is -3.81. The number of nitrogens with zero attached hydrogens (tertiary/aromatic N) is 1. The van der Waals surface area contributed by atoms with Crippen LogP contribution in [0, 0.1) is 0 Å². The predicted octanol–water partition coefficient (Wildman–Crippen LogP) is 7.38. The molecule has 2 heterocycles. The lowest BCUT2D eigenvalue weighted by atomic mass is 10.0. The molecule has 38 heavy (non-hydrogen) atoms. The summed E-state index contributed by atoms with van der Waals surface area (Å²) in [4.78, 5) is 13.8. The average Bonchev–Trinajstić information content (AvgIpc) is 3.25. The van der Waals surface area contributed by atoms with Crippen molar-refractivity contribution in [1.29, 1.82) is 0 Å². The number of halogens is 4. The summed E-state index contributed by atoms with van der Waals surface area (Å²) in [6, 6.07) is 22.2. The molecule has 0 bridgehead atoms. The van der Waals surface area contributed by atoms with Crippen molar-refractivity contribution in [3.63, 3.8) is 0 Å². The van der Waals surface area contributed by atoms with Gasteiger partial charge >= 0.3 is 6.18 Å². The molecule has 0 amide bonds. The lowest BCUT2D eigenvalue weighted by molar-refractivity contribution is -0.137. The molecule has 192 valence electrons. The molecule has 4 aromatic carbocycles. The minimum atomic E-state index is -4.47. The van der Waals surface area contributed by atoms with Crippen molar-refractivity contribution in [3.05, 3.63) is 112 Å². The first-order valence-corrected chi connectivity index (χ1v) is 12.6. The SMILES string of the molecule is O=C(c1ccc2ccccc2c1)n1c2c(c3cc(OCc4cc(C(F)(F)F)ccc4Cl)ccc31)CCNC2. The Morgan fingerprint density at radius 2 is 1.79 bits per heavy atom. The second-order valence-corrected chi connectivity index (χ2v) is 9.73. The minimum absolute atomic E-state index is 0.116. The molecule has 0 fully saturated rings. The summed E-state index contributed by atoms with van der Waals surface area (Å²) in [5, 5.41) is 6.50. The highest BCUT2D eigenvalue weighted by Gasteiger charge is 2.31. The van der Waals surface area contributed by atoms with E-state index in [4.69, 9.17) is 16.3 Å². The molecular formula is C30H22ClF3N2O2. The number of alkyl halides is 3. The molecule has 4 nitrogen and oxygen atoms in total. The van der Waals surface area contributed by atoms with Gasteiger partial charge in [0.25, 0.3) is 5.91 Å². The fourth-order valence-electron chi connectivity index (χ4n) is 5.07. The van der Waals surface area contributed by atoms with Crippen molar-refractivity contribution >= 4 is 39.2 Å². The fourth-order valence-corrected chi connectivity index (χ4v) is 5.24. The Balaban J connectivity index is 1.36. The van der Waals surface area contributed by atoms with Gasteiger partial charge in [0.15, 0.2) is 0 Å². The first-order valence-electron chi connectivity index (χ1n) is 12.2. The topological polar surface area (TPSA) is 43.3 Å². The third-order valence-electron chi connectivity index (χ3n) is 6.96. The molecule has 0 spiro atoms.